The molecule has 1 atom stereocenters. The molecule has 0 aliphatic heterocycles. The molecule has 0 bridgehead atoms. The topological polar surface area (TPSA) is 26.3 Å². The molecule has 0 amide bonds. The van der Waals surface area contributed by atoms with Crippen LogP contribution in [0.3, 0.4) is 0 Å². The lowest BCUT2D eigenvalue weighted by Gasteiger charge is -2.17. The Morgan fingerprint density at radius 1 is 0.432 bits per heavy atom. The molecule has 0 aliphatic rings. The molecule has 37 heavy (non-hydrogen) atoms. The maximum atomic E-state index is 12.2. The van der Waals surface area contributed by atoms with Crippen LogP contribution in [0.15, 0.2) is 0 Å². The minimum absolute atomic E-state index is 0.0429. The number of ether oxygens (including phenoxy) is 1. The molecular weight excluding hydrogens is 452 g/mol. The van der Waals surface area contributed by atoms with E-state index in [1.165, 1.54) is 167 Å². The highest BCUT2D eigenvalue weighted by atomic mass is 16.5. The molecule has 0 saturated carbocycles. The van der Waals surface area contributed by atoms with E-state index in [0.717, 1.165) is 18.8 Å². The molecule has 2 nitrogen and oxygen atoms in total. The van der Waals surface area contributed by atoms with Crippen molar-refractivity contribution in [3.05, 3.63) is 0 Å². The number of carbonyl (C=O) groups is 1. The van der Waals surface area contributed by atoms with Gasteiger partial charge in [0, 0.05) is 6.42 Å². The van der Waals surface area contributed by atoms with Gasteiger partial charge in [-0.25, -0.2) is 0 Å². The van der Waals surface area contributed by atoms with E-state index in [-0.39, 0.29) is 5.97 Å². The molecule has 1 unspecified atom stereocenters. The van der Waals surface area contributed by atoms with Crippen LogP contribution < -0.4 is 0 Å². The van der Waals surface area contributed by atoms with Gasteiger partial charge in [-0.1, -0.05) is 188 Å². The number of rotatable bonds is 31. The molecule has 222 valence electrons. The Labute approximate surface area is 234 Å². The lowest BCUT2D eigenvalue weighted by Crippen LogP contribution is -2.10. The largest absolute Gasteiger partial charge is 0.466 e. The minimum atomic E-state index is 0.0429. The summed E-state index contributed by atoms with van der Waals surface area (Å²) in [6.45, 7) is 7.51. The summed E-state index contributed by atoms with van der Waals surface area (Å²) in [6, 6.07) is 0. The third-order valence-corrected chi connectivity index (χ3v) is 8.21. The number of unbranched alkanes of at least 4 members (excludes halogenated alkanes) is 22. The molecule has 0 saturated heterocycles. The first-order chi connectivity index (χ1) is 18.2. The second-order valence-electron chi connectivity index (χ2n) is 12.0. The summed E-state index contributed by atoms with van der Waals surface area (Å²) >= 11 is 0. The van der Waals surface area contributed by atoms with E-state index in [1.807, 2.05) is 0 Å². The van der Waals surface area contributed by atoms with Crippen LogP contribution in [0.5, 0.6) is 0 Å². The van der Waals surface area contributed by atoms with Crippen molar-refractivity contribution in [1.29, 1.82) is 0 Å². The van der Waals surface area contributed by atoms with Gasteiger partial charge >= 0.3 is 5.97 Å². The third-order valence-electron chi connectivity index (χ3n) is 8.21. The number of esters is 1. The zero-order valence-corrected chi connectivity index (χ0v) is 26.1. The van der Waals surface area contributed by atoms with E-state index < -0.39 is 0 Å². The normalized spacial score (nSPS) is 12.2. The Morgan fingerprint density at radius 2 is 0.757 bits per heavy atom. The molecule has 0 aromatic carbocycles. The highest BCUT2D eigenvalue weighted by Gasteiger charge is 2.11. The second-order valence-corrected chi connectivity index (χ2v) is 12.0. The van der Waals surface area contributed by atoms with E-state index in [2.05, 4.69) is 20.8 Å². The summed E-state index contributed by atoms with van der Waals surface area (Å²) in [7, 11) is 0. The van der Waals surface area contributed by atoms with Crippen molar-refractivity contribution in [2.24, 2.45) is 5.92 Å². The Balaban J connectivity index is 3.86. The van der Waals surface area contributed by atoms with Gasteiger partial charge in [-0.05, 0) is 18.8 Å². The van der Waals surface area contributed by atoms with Crippen LogP contribution in [0.1, 0.15) is 207 Å². The van der Waals surface area contributed by atoms with Crippen molar-refractivity contribution >= 4 is 5.97 Å². The zero-order valence-electron chi connectivity index (χ0n) is 26.1. The fraction of sp³-hybridized carbons (Fsp3) is 0.971. The highest BCUT2D eigenvalue weighted by molar-refractivity contribution is 5.69. The van der Waals surface area contributed by atoms with Crippen LogP contribution in [-0.4, -0.2) is 12.6 Å². The molecule has 0 fully saturated rings. The zero-order chi connectivity index (χ0) is 27.1. The molecule has 0 aromatic heterocycles. The standard InChI is InChI=1S/C35H70O2/c1-4-7-10-13-16-18-19-20-22-25-28-31-35(36)37-33-32-34(29-26-23-15-12-9-6-3)30-27-24-21-17-14-11-8-5-2/h34H,4-33H2,1-3H3. The molecule has 0 N–H and O–H groups in total. The van der Waals surface area contributed by atoms with E-state index in [9.17, 15) is 4.79 Å². The van der Waals surface area contributed by atoms with Crippen molar-refractivity contribution < 1.29 is 9.53 Å². The van der Waals surface area contributed by atoms with Crippen LogP contribution in [0, 0.1) is 5.92 Å². The van der Waals surface area contributed by atoms with Crippen LogP contribution in [-0.2, 0) is 9.53 Å². The molecule has 0 radical (unpaired) electrons. The third kappa shape index (κ3) is 29.9. The molecule has 0 aromatic rings. The first-order valence-corrected chi connectivity index (χ1v) is 17.4. The van der Waals surface area contributed by atoms with Crippen molar-refractivity contribution in [3.63, 3.8) is 0 Å². The minimum Gasteiger partial charge on any atom is -0.466 e. The van der Waals surface area contributed by atoms with Crippen LogP contribution in [0.25, 0.3) is 0 Å². The van der Waals surface area contributed by atoms with Crippen molar-refractivity contribution in [2.45, 2.75) is 207 Å². The van der Waals surface area contributed by atoms with Gasteiger partial charge in [-0.3, -0.25) is 4.79 Å². The second kappa shape index (κ2) is 31.7. The predicted molar refractivity (Wildman–Crippen MR) is 165 cm³/mol. The monoisotopic (exact) mass is 523 g/mol. The van der Waals surface area contributed by atoms with Gasteiger partial charge in [0.15, 0.2) is 0 Å². The van der Waals surface area contributed by atoms with Gasteiger partial charge in [0.2, 0.25) is 0 Å². The van der Waals surface area contributed by atoms with Crippen molar-refractivity contribution in [1.82, 2.24) is 0 Å². The quantitative estimate of drug-likeness (QED) is 0.0668. The lowest BCUT2D eigenvalue weighted by molar-refractivity contribution is -0.144. The maximum absolute atomic E-state index is 12.2. The summed E-state index contributed by atoms with van der Waals surface area (Å²) in [4.78, 5) is 12.2. The van der Waals surface area contributed by atoms with Crippen molar-refractivity contribution in [3.8, 4) is 0 Å². The summed E-state index contributed by atoms with van der Waals surface area (Å²) in [5.74, 6) is 0.794. The Bertz CT molecular complexity index is 433. The Morgan fingerprint density at radius 3 is 1.14 bits per heavy atom. The van der Waals surface area contributed by atoms with Gasteiger partial charge in [-0.2, -0.15) is 0 Å². The van der Waals surface area contributed by atoms with E-state index in [4.69, 9.17) is 4.74 Å². The van der Waals surface area contributed by atoms with Crippen molar-refractivity contribution in [2.75, 3.05) is 6.61 Å². The van der Waals surface area contributed by atoms with E-state index >= 15 is 0 Å². The average Bonchev–Trinajstić information content (AvgIpc) is 2.90. The van der Waals surface area contributed by atoms with Gasteiger partial charge in [0.1, 0.15) is 0 Å². The van der Waals surface area contributed by atoms with Gasteiger partial charge in [0.25, 0.3) is 0 Å². The fourth-order valence-corrected chi connectivity index (χ4v) is 5.56. The molecule has 0 rings (SSSR count). The van der Waals surface area contributed by atoms with Gasteiger partial charge in [-0.15, -0.1) is 0 Å². The van der Waals surface area contributed by atoms with Gasteiger partial charge in [0.05, 0.1) is 6.61 Å². The van der Waals surface area contributed by atoms with Crippen LogP contribution >= 0.6 is 0 Å². The van der Waals surface area contributed by atoms with Gasteiger partial charge < -0.3 is 4.74 Å². The molecule has 2 heteroatoms. The molecule has 0 aliphatic carbocycles. The number of hydrogen-bond acceptors (Lipinski definition) is 2. The van der Waals surface area contributed by atoms with Crippen LogP contribution in [0.4, 0.5) is 0 Å². The van der Waals surface area contributed by atoms with Crippen LogP contribution in [0.2, 0.25) is 0 Å². The highest BCUT2D eigenvalue weighted by Crippen LogP contribution is 2.22. The summed E-state index contributed by atoms with van der Waals surface area (Å²) in [5.41, 5.74) is 0. The Kier molecular flexibility index (Phi) is 31.2. The lowest BCUT2D eigenvalue weighted by atomic mass is 9.91. The van der Waals surface area contributed by atoms with E-state index in [1.54, 1.807) is 0 Å². The smallest absolute Gasteiger partial charge is 0.305 e. The Hall–Kier alpha value is -0.530. The summed E-state index contributed by atoms with van der Waals surface area (Å²) in [6.07, 6.45) is 38.3. The number of hydrogen-bond donors (Lipinski definition) is 0. The summed E-state index contributed by atoms with van der Waals surface area (Å²) < 4.78 is 5.67. The van der Waals surface area contributed by atoms with E-state index in [0.29, 0.717) is 13.0 Å². The molecule has 0 heterocycles. The summed E-state index contributed by atoms with van der Waals surface area (Å²) in [5, 5.41) is 0. The average molecular weight is 523 g/mol. The SMILES string of the molecule is CCCCCCCCCCCCCC(=O)OCCC(CCCCCCCC)CCCCCCCCCC. The molecular formula is C35H70O2. The first-order valence-electron chi connectivity index (χ1n) is 17.4. The number of carbonyl (C=O) groups excluding carboxylic acids is 1. The first kappa shape index (κ1) is 36.5. The predicted octanol–water partition coefficient (Wildman–Crippen LogP) is 12.5. The maximum Gasteiger partial charge on any atom is 0.305 e. The fourth-order valence-electron chi connectivity index (χ4n) is 5.56. The molecule has 0 spiro atoms.